The fourth-order valence-electron chi connectivity index (χ4n) is 2.33. The van der Waals surface area contributed by atoms with E-state index < -0.39 is 23.8 Å². The second-order valence-electron chi connectivity index (χ2n) is 4.11. The summed E-state index contributed by atoms with van der Waals surface area (Å²) in [5, 5.41) is 0. The van der Waals surface area contributed by atoms with Gasteiger partial charge in [-0.25, -0.2) is 16.8 Å². The molecule has 2 heterocycles. The van der Waals surface area contributed by atoms with Gasteiger partial charge in [-0.2, -0.15) is 0 Å². The summed E-state index contributed by atoms with van der Waals surface area (Å²) in [5.41, 5.74) is 0. The number of rotatable bonds is 0. The second-order valence-corrected chi connectivity index (χ2v) is 9.21. The van der Waals surface area contributed by atoms with Crippen molar-refractivity contribution in [2.24, 2.45) is 0 Å². The third-order valence-electron chi connectivity index (χ3n) is 3.36. The minimum atomic E-state index is -3.42. The minimum absolute atomic E-state index is 0.0478. The molecule has 1 unspecified atom stereocenters. The van der Waals surface area contributed by atoms with E-state index in [9.17, 15) is 16.8 Å². The molecule has 14 heavy (non-hydrogen) atoms. The third kappa shape index (κ3) is 1.16. The zero-order valence-electron chi connectivity index (χ0n) is 7.90. The molecule has 0 aromatic heterocycles. The first kappa shape index (κ1) is 10.4. The van der Waals surface area contributed by atoms with E-state index in [1.165, 1.54) is 0 Å². The van der Waals surface area contributed by atoms with Crippen LogP contribution in [0.15, 0.2) is 0 Å². The van der Waals surface area contributed by atoms with Gasteiger partial charge in [0.2, 0.25) is 0 Å². The van der Waals surface area contributed by atoms with E-state index in [1.54, 1.807) is 0 Å². The van der Waals surface area contributed by atoms with Crippen molar-refractivity contribution in [3.05, 3.63) is 0 Å². The van der Waals surface area contributed by atoms with Crippen LogP contribution in [0.25, 0.3) is 0 Å². The molecular formula is C8H14O4S2. The highest BCUT2D eigenvalue weighted by molar-refractivity contribution is 8.11. The van der Waals surface area contributed by atoms with Gasteiger partial charge in [-0.15, -0.1) is 0 Å². The van der Waals surface area contributed by atoms with E-state index in [2.05, 4.69) is 0 Å². The topological polar surface area (TPSA) is 68.3 Å². The molecule has 0 saturated carbocycles. The monoisotopic (exact) mass is 238 g/mol. The van der Waals surface area contributed by atoms with Crippen molar-refractivity contribution >= 4 is 19.7 Å². The fourth-order valence-corrected chi connectivity index (χ4v) is 7.80. The Bertz CT molecular complexity index is 434. The quantitative estimate of drug-likeness (QED) is 0.616. The van der Waals surface area contributed by atoms with Crippen LogP contribution in [0.3, 0.4) is 0 Å². The van der Waals surface area contributed by atoms with Gasteiger partial charge in [0.15, 0.2) is 23.8 Å². The van der Waals surface area contributed by atoms with E-state index in [1.807, 2.05) is 0 Å². The summed E-state index contributed by atoms with van der Waals surface area (Å²) in [5.74, 6) is 0.0957. The van der Waals surface area contributed by atoms with Crippen LogP contribution in [0, 0.1) is 0 Å². The predicted octanol–water partition coefficient (Wildman–Crippen LogP) is 0.490. The van der Waals surface area contributed by atoms with E-state index >= 15 is 0 Å². The second kappa shape index (κ2) is 2.95. The molecule has 2 aliphatic rings. The third-order valence-corrected chi connectivity index (χ3v) is 9.53. The van der Waals surface area contributed by atoms with Gasteiger partial charge in [0.25, 0.3) is 0 Å². The maximum Gasteiger partial charge on any atom is 0.174 e. The van der Waals surface area contributed by atoms with Crippen LogP contribution < -0.4 is 0 Å². The lowest BCUT2D eigenvalue weighted by molar-refractivity contribution is 0.482. The normalized spacial score (nSPS) is 40.0. The molecule has 2 fully saturated rings. The standard InChI is InChI=1S/C8H14O4S2/c9-13(10)6-3-1-2-4-8(13)5-7-14(8,11)12/h1-7H2. The lowest BCUT2D eigenvalue weighted by Gasteiger charge is -2.39. The molecule has 0 aromatic carbocycles. The summed E-state index contributed by atoms with van der Waals surface area (Å²) in [7, 11) is -6.78. The molecule has 0 N–H and O–H groups in total. The minimum Gasteiger partial charge on any atom is -0.227 e. The molecule has 2 rings (SSSR count). The molecule has 0 radical (unpaired) electrons. The highest BCUT2D eigenvalue weighted by Crippen LogP contribution is 2.45. The van der Waals surface area contributed by atoms with Crippen LogP contribution in [0.2, 0.25) is 0 Å². The van der Waals surface area contributed by atoms with Crippen molar-refractivity contribution in [1.29, 1.82) is 0 Å². The Morgan fingerprint density at radius 1 is 0.714 bits per heavy atom. The molecule has 0 aliphatic carbocycles. The zero-order chi connectivity index (χ0) is 10.4. The highest BCUT2D eigenvalue weighted by atomic mass is 32.3. The van der Waals surface area contributed by atoms with Crippen LogP contribution in [-0.2, 0) is 19.7 Å². The Hall–Kier alpha value is -0.100. The summed E-state index contributed by atoms with van der Waals surface area (Å²) in [6.45, 7) is 0. The van der Waals surface area contributed by atoms with Crippen LogP contribution >= 0.6 is 0 Å². The Balaban J connectivity index is 2.51. The van der Waals surface area contributed by atoms with E-state index in [0.29, 0.717) is 19.3 Å². The van der Waals surface area contributed by atoms with Crippen LogP contribution in [-0.4, -0.2) is 32.4 Å². The van der Waals surface area contributed by atoms with Crippen molar-refractivity contribution in [1.82, 2.24) is 0 Å². The molecule has 1 atom stereocenters. The van der Waals surface area contributed by atoms with Gasteiger partial charge in [0.1, 0.15) is 0 Å². The molecule has 6 heteroatoms. The van der Waals surface area contributed by atoms with Gasteiger partial charge in [0.05, 0.1) is 11.5 Å². The summed E-state index contributed by atoms with van der Waals surface area (Å²) >= 11 is 0. The Kier molecular flexibility index (Phi) is 2.19. The van der Waals surface area contributed by atoms with Crippen LogP contribution in [0.4, 0.5) is 0 Å². The SMILES string of the molecule is O=S1(=O)CCCCCC12CCS2(=O)=O. The van der Waals surface area contributed by atoms with Crippen molar-refractivity contribution in [3.8, 4) is 0 Å². The first-order valence-electron chi connectivity index (χ1n) is 4.86. The average molecular weight is 238 g/mol. The molecule has 0 bridgehead atoms. The van der Waals surface area contributed by atoms with E-state index in [-0.39, 0.29) is 11.5 Å². The van der Waals surface area contributed by atoms with E-state index in [0.717, 1.165) is 12.8 Å². The highest BCUT2D eigenvalue weighted by Gasteiger charge is 2.60. The molecular weight excluding hydrogens is 224 g/mol. The first-order valence-corrected chi connectivity index (χ1v) is 8.16. The zero-order valence-corrected chi connectivity index (χ0v) is 9.53. The maximum atomic E-state index is 11.8. The van der Waals surface area contributed by atoms with Gasteiger partial charge in [-0.3, -0.25) is 0 Å². The Labute approximate surface area is 84.5 Å². The molecule has 1 spiro atoms. The molecule has 2 aliphatic heterocycles. The average Bonchev–Trinajstić information content (AvgIpc) is 2.23. The van der Waals surface area contributed by atoms with Gasteiger partial charge in [0, 0.05) is 0 Å². The predicted molar refractivity (Wildman–Crippen MR) is 53.4 cm³/mol. The van der Waals surface area contributed by atoms with Crippen molar-refractivity contribution < 1.29 is 16.8 Å². The fraction of sp³-hybridized carbons (Fsp3) is 1.00. The van der Waals surface area contributed by atoms with Crippen LogP contribution in [0.5, 0.6) is 0 Å². The van der Waals surface area contributed by atoms with Crippen LogP contribution in [0.1, 0.15) is 32.1 Å². The van der Waals surface area contributed by atoms with Crippen molar-refractivity contribution in [2.75, 3.05) is 11.5 Å². The molecule has 0 amide bonds. The first-order chi connectivity index (χ1) is 6.41. The largest absolute Gasteiger partial charge is 0.227 e. The molecule has 4 nitrogen and oxygen atoms in total. The van der Waals surface area contributed by atoms with Gasteiger partial charge in [-0.05, 0) is 19.3 Å². The summed E-state index contributed by atoms with van der Waals surface area (Å²) in [4.78, 5) is 0. The van der Waals surface area contributed by atoms with Gasteiger partial charge in [-0.1, -0.05) is 12.8 Å². The van der Waals surface area contributed by atoms with Gasteiger partial charge >= 0.3 is 0 Å². The Morgan fingerprint density at radius 3 is 1.86 bits per heavy atom. The summed E-state index contributed by atoms with van der Waals surface area (Å²) in [6.07, 6.45) is 2.80. The number of hydrogen-bond acceptors (Lipinski definition) is 4. The Morgan fingerprint density at radius 2 is 1.36 bits per heavy atom. The van der Waals surface area contributed by atoms with E-state index in [4.69, 9.17) is 0 Å². The maximum absolute atomic E-state index is 11.8. The molecule has 0 aromatic rings. The number of sulfone groups is 2. The van der Waals surface area contributed by atoms with Crippen molar-refractivity contribution in [2.45, 2.75) is 36.2 Å². The lowest BCUT2D eigenvalue weighted by Crippen LogP contribution is -2.56. The smallest absolute Gasteiger partial charge is 0.174 e. The molecule has 82 valence electrons. The van der Waals surface area contributed by atoms with Gasteiger partial charge < -0.3 is 0 Å². The summed E-state index contributed by atoms with van der Waals surface area (Å²) < 4.78 is 45.5. The molecule has 2 saturated heterocycles. The lowest BCUT2D eigenvalue weighted by atomic mass is 10.1. The summed E-state index contributed by atoms with van der Waals surface area (Å²) in [6, 6.07) is 0. The van der Waals surface area contributed by atoms with Crippen molar-refractivity contribution in [3.63, 3.8) is 0 Å². The number of hydrogen-bond donors (Lipinski definition) is 0.